The lowest BCUT2D eigenvalue weighted by Crippen LogP contribution is -2.21. The maximum atomic E-state index is 13.1. The zero-order chi connectivity index (χ0) is 21.8. The highest BCUT2D eigenvalue weighted by Gasteiger charge is 2.27. The molecule has 3 aromatic rings. The summed E-state index contributed by atoms with van der Waals surface area (Å²) >= 11 is 0. The van der Waals surface area contributed by atoms with Crippen LogP contribution in [0.15, 0.2) is 54.7 Å². The molecule has 1 aliphatic heterocycles. The molecule has 1 saturated heterocycles. The third-order valence-electron chi connectivity index (χ3n) is 5.55. The molecule has 0 radical (unpaired) electrons. The van der Waals surface area contributed by atoms with Crippen molar-refractivity contribution >= 4 is 11.6 Å². The van der Waals surface area contributed by atoms with Crippen LogP contribution in [0, 0.1) is 12.7 Å². The lowest BCUT2D eigenvalue weighted by Gasteiger charge is -2.16. The van der Waals surface area contributed by atoms with E-state index in [2.05, 4.69) is 20.2 Å². The number of carbonyl (C=O) groups is 1. The van der Waals surface area contributed by atoms with Crippen LogP contribution in [0.2, 0.25) is 0 Å². The largest absolute Gasteiger partial charge is 0.495 e. The minimum atomic E-state index is -0.266. The van der Waals surface area contributed by atoms with Crippen molar-refractivity contribution in [2.24, 2.45) is 0 Å². The summed E-state index contributed by atoms with van der Waals surface area (Å²) in [6.07, 6.45) is 2.55. The van der Waals surface area contributed by atoms with Gasteiger partial charge in [-0.05, 0) is 49.7 Å². The first kappa shape index (κ1) is 20.9. The Hall–Kier alpha value is -3.32. The van der Waals surface area contributed by atoms with Crippen LogP contribution in [0.1, 0.15) is 39.8 Å². The van der Waals surface area contributed by atoms with Gasteiger partial charge in [0.05, 0.1) is 24.1 Å². The van der Waals surface area contributed by atoms with E-state index in [1.54, 1.807) is 25.4 Å². The number of likely N-dealkylation sites (tertiary alicyclic amines) is 1. The molecule has 7 heteroatoms. The van der Waals surface area contributed by atoms with Crippen molar-refractivity contribution in [2.45, 2.75) is 25.8 Å². The van der Waals surface area contributed by atoms with Gasteiger partial charge in [-0.2, -0.15) is 0 Å². The highest BCUT2D eigenvalue weighted by atomic mass is 19.1. The number of amides is 1. The molecule has 4 rings (SSSR count). The SMILES string of the molecule is COc1ccccc1NC(=O)c1cnc([C@@H]2CCN(Cc3ccc(F)cc3)C2)nc1C. The van der Waals surface area contributed by atoms with Crippen LogP contribution in [0.25, 0.3) is 0 Å². The lowest BCUT2D eigenvalue weighted by atomic mass is 10.1. The highest BCUT2D eigenvalue weighted by molar-refractivity contribution is 6.05. The number of benzene rings is 2. The van der Waals surface area contributed by atoms with Gasteiger partial charge in [0.2, 0.25) is 0 Å². The molecule has 0 spiro atoms. The minimum absolute atomic E-state index is 0.213. The number of halogens is 1. The molecule has 6 nitrogen and oxygen atoms in total. The number of aryl methyl sites for hydroxylation is 1. The number of aromatic nitrogens is 2. The molecule has 2 heterocycles. The number of nitrogens with one attached hydrogen (secondary N) is 1. The van der Waals surface area contributed by atoms with E-state index in [9.17, 15) is 9.18 Å². The molecule has 1 aromatic heterocycles. The maximum Gasteiger partial charge on any atom is 0.259 e. The van der Waals surface area contributed by atoms with Gasteiger partial charge in [0, 0.05) is 25.2 Å². The zero-order valence-electron chi connectivity index (χ0n) is 17.6. The second-order valence-electron chi connectivity index (χ2n) is 7.73. The molecule has 160 valence electrons. The Kier molecular flexibility index (Phi) is 6.23. The van der Waals surface area contributed by atoms with Gasteiger partial charge >= 0.3 is 0 Å². The molecule has 2 aromatic carbocycles. The number of hydrogen-bond acceptors (Lipinski definition) is 5. The van der Waals surface area contributed by atoms with Crippen LogP contribution in [0.3, 0.4) is 0 Å². The van der Waals surface area contributed by atoms with Crippen molar-refractivity contribution in [3.63, 3.8) is 0 Å². The smallest absolute Gasteiger partial charge is 0.259 e. The molecule has 1 atom stereocenters. The Balaban J connectivity index is 1.41. The van der Waals surface area contributed by atoms with E-state index in [1.807, 2.05) is 31.2 Å². The predicted octanol–water partition coefficient (Wildman–Crippen LogP) is 4.17. The van der Waals surface area contributed by atoms with E-state index >= 15 is 0 Å². The Morgan fingerprint density at radius 2 is 2.00 bits per heavy atom. The van der Waals surface area contributed by atoms with Gasteiger partial charge in [-0.25, -0.2) is 14.4 Å². The van der Waals surface area contributed by atoms with Gasteiger partial charge in [-0.1, -0.05) is 24.3 Å². The number of methoxy groups -OCH3 is 1. The van der Waals surface area contributed by atoms with Crippen LogP contribution in [0.4, 0.5) is 10.1 Å². The van der Waals surface area contributed by atoms with E-state index in [-0.39, 0.29) is 17.6 Å². The fourth-order valence-electron chi connectivity index (χ4n) is 3.88. The summed E-state index contributed by atoms with van der Waals surface area (Å²) in [5.41, 5.74) is 2.78. The first-order valence-electron chi connectivity index (χ1n) is 10.3. The third-order valence-corrected chi connectivity index (χ3v) is 5.55. The summed E-state index contributed by atoms with van der Waals surface area (Å²) in [5, 5.41) is 2.87. The molecule has 1 aliphatic rings. The van der Waals surface area contributed by atoms with Crippen LogP contribution >= 0.6 is 0 Å². The van der Waals surface area contributed by atoms with Crippen molar-refractivity contribution in [1.82, 2.24) is 14.9 Å². The summed E-state index contributed by atoms with van der Waals surface area (Å²) in [4.78, 5) is 24.2. The molecule has 0 saturated carbocycles. The van der Waals surface area contributed by atoms with Crippen molar-refractivity contribution < 1.29 is 13.9 Å². The zero-order valence-corrected chi connectivity index (χ0v) is 17.6. The number of rotatable bonds is 6. The molecule has 1 N–H and O–H groups in total. The molecular formula is C24H25FN4O2. The summed E-state index contributed by atoms with van der Waals surface area (Å²) < 4.78 is 18.4. The minimum Gasteiger partial charge on any atom is -0.495 e. The van der Waals surface area contributed by atoms with Gasteiger partial charge in [0.15, 0.2) is 0 Å². The van der Waals surface area contributed by atoms with E-state index in [0.29, 0.717) is 22.7 Å². The summed E-state index contributed by atoms with van der Waals surface area (Å²) in [6, 6.07) is 13.9. The fourth-order valence-corrected chi connectivity index (χ4v) is 3.88. The fraction of sp³-hybridized carbons (Fsp3) is 0.292. The standard InChI is InChI=1S/C24H25FN4O2/c1-16-20(24(30)28-21-5-3-4-6-22(21)31-2)13-26-23(27-16)18-11-12-29(15-18)14-17-7-9-19(25)10-8-17/h3-10,13,18H,11-12,14-15H2,1-2H3,(H,28,30)/t18-/m1/s1. The molecule has 0 aliphatic carbocycles. The van der Waals surface area contributed by atoms with Gasteiger partial charge < -0.3 is 10.1 Å². The monoisotopic (exact) mass is 420 g/mol. The number of ether oxygens (including phenoxy) is 1. The van der Waals surface area contributed by atoms with Crippen molar-refractivity contribution in [2.75, 3.05) is 25.5 Å². The first-order chi connectivity index (χ1) is 15.0. The molecule has 0 bridgehead atoms. The van der Waals surface area contributed by atoms with Gasteiger partial charge in [0.25, 0.3) is 5.91 Å². The van der Waals surface area contributed by atoms with Crippen LogP contribution in [-0.4, -0.2) is 41.0 Å². The normalized spacial score (nSPS) is 16.3. The molecule has 31 heavy (non-hydrogen) atoms. The second kappa shape index (κ2) is 9.22. The molecule has 0 unspecified atom stereocenters. The van der Waals surface area contributed by atoms with Gasteiger partial charge in [-0.3, -0.25) is 9.69 Å². The first-order valence-corrected chi connectivity index (χ1v) is 10.3. The van der Waals surface area contributed by atoms with Crippen molar-refractivity contribution in [1.29, 1.82) is 0 Å². The number of nitrogens with zero attached hydrogens (tertiary/aromatic N) is 3. The second-order valence-corrected chi connectivity index (χ2v) is 7.73. The quantitative estimate of drug-likeness (QED) is 0.648. The Morgan fingerprint density at radius 3 is 2.74 bits per heavy atom. The van der Waals surface area contributed by atoms with Gasteiger partial charge in [0.1, 0.15) is 17.4 Å². The predicted molar refractivity (Wildman–Crippen MR) is 117 cm³/mol. The molecule has 1 amide bonds. The van der Waals surface area contributed by atoms with Crippen LogP contribution in [0.5, 0.6) is 5.75 Å². The Bertz CT molecular complexity index is 1070. The Labute approximate surface area is 181 Å². The van der Waals surface area contributed by atoms with E-state index in [0.717, 1.165) is 37.4 Å². The average Bonchev–Trinajstić information content (AvgIpc) is 3.24. The van der Waals surface area contributed by atoms with Crippen LogP contribution in [-0.2, 0) is 6.54 Å². The summed E-state index contributed by atoms with van der Waals surface area (Å²) in [7, 11) is 1.56. The molecular weight excluding hydrogens is 395 g/mol. The third kappa shape index (κ3) is 4.88. The number of hydrogen-bond donors (Lipinski definition) is 1. The van der Waals surface area contributed by atoms with Gasteiger partial charge in [-0.15, -0.1) is 0 Å². The molecule has 1 fully saturated rings. The number of para-hydroxylation sites is 2. The van der Waals surface area contributed by atoms with E-state index in [1.165, 1.54) is 12.1 Å². The number of anilines is 1. The van der Waals surface area contributed by atoms with Crippen molar-refractivity contribution in [3.05, 3.63) is 83.2 Å². The maximum absolute atomic E-state index is 13.1. The van der Waals surface area contributed by atoms with Crippen LogP contribution < -0.4 is 10.1 Å². The number of carbonyl (C=O) groups excluding carboxylic acids is 1. The summed E-state index contributed by atoms with van der Waals surface area (Å²) in [6.45, 7) is 4.37. The average molecular weight is 420 g/mol. The van der Waals surface area contributed by atoms with E-state index in [4.69, 9.17) is 4.74 Å². The van der Waals surface area contributed by atoms with Crippen molar-refractivity contribution in [3.8, 4) is 5.75 Å². The highest BCUT2D eigenvalue weighted by Crippen LogP contribution is 2.27. The lowest BCUT2D eigenvalue weighted by molar-refractivity contribution is 0.102. The Morgan fingerprint density at radius 1 is 1.23 bits per heavy atom. The van der Waals surface area contributed by atoms with E-state index < -0.39 is 0 Å². The topological polar surface area (TPSA) is 67.3 Å². The summed E-state index contributed by atoms with van der Waals surface area (Å²) in [5.74, 6) is 1.08.